The van der Waals surface area contributed by atoms with E-state index in [0.29, 0.717) is 44.3 Å². The number of hydrogen-bond donors (Lipinski definition) is 1. The molecule has 6 rings (SSSR count). The second kappa shape index (κ2) is 15.4. The van der Waals surface area contributed by atoms with Crippen LogP contribution in [0.3, 0.4) is 0 Å². The Kier molecular flexibility index (Phi) is 10.4. The third-order valence-electron chi connectivity index (χ3n) is 6.71. The normalized spacial score (nSPS) is 14.6. The molecule has 1 N–H and O–H groups in total. The highest BCUT2D eigenvalue weighted by Crippen LogP contribution is 2.36. The summed E-state index contributed by atoms with van der Waals surface area (Å²) in [5, 5.41) is 11.7. The first-order chi connectivity index (χ1) is 23.4. The molecule has 0 radical (unpaired) electrons. The van der Waals surface area contributed by atoms with Crippen molar-refractivity contribution in [2.24, 2.45) is 10.2 Å². The molecule has 1 fully saturated rings. The van der Waals surface area contributed by atoms with E-state index < -0.39 is 11.7 Å². The fraction of sp³-hybridized carbons (Fsp3) is 0.0556. The van der Waals surface area contributed by atoms with E-state index in [-0.39, 0.29) is 19.1 Å². The molecule has 5 aromatic rings. The molecule has 1 aliphatic heterocycles. The van der Waals surface area contributed by atoms with Crippen LogP contribution in [0.1, 0.15) is 16.9 Å². The van der Waals surface area contributed by atoms with Crippen molar-refractivity contribution in [1.82, 2.24) is 4.90 Å². The lowest BCUT2D eigenvalue weighted by atomic mass is 10.2. The maximum atomic E-state index is 13.7. The van der Waals surface area contributed by atoms with E-state index in [2.05, 4.69) is 31.4 Å². The molecule has 4 aromatic carbocycles. The number of nitrogens with one attached hydrogen (secondary N) is 1. The second-order valence-electron chi connectivity index (χ2n) is 10.2. The van der Waals surface area contributed by atoms with Gasteiger partial charge in [-0.2, -0.15) is 5.10 Å². The van der Waals surface area contributed by atoms with Gasteiger partial charge >= 0.3 is 0 Å². The molecule has 1 saturated heterocycles. The number of benzene rings is 4. The number of rotatable bonds is 11. The number of ether oxygens (including phenoxy) is 2. The molecule has 1 aliphatic rings. The quantitative estimate of drug-likeness (QED) is 0.0832. The van der Waals surface area contributed by atoms with Crippen molar-refractivity contribution in [2.75, 3.05) is 11.9 Å². The number of halogens is 2. The van der Waals surface area contributed by atoms with Gasteiger partial charge in [-0.25, -0.2) is 4.39 Å². The fourth-order valence-corrected chi connectivity index (χ4v) is 5.79. The van der Waals surface area contributed by atoms with Gasteiger partial charge < -0.3 is 19.2 Å². The first-order valence-electron chi connectivity index (χ1n) is 14.6. The van der Waals surface area contributed by atoms with Gasteiger partial charge in [-0.05, 0) is 102 Å². The lowest BCUT2D eigenvalue weighted by Gasteiger charge is -2.13. The molecule has 1 aromatic heterocycles. The van der Waals surface area contributed by atoms with E-state index in [1.165, 1.54) is 35.4 Å². The van der Waals surface area contributed by atoms with Gasteiger partial charge in [0.1, 0.15) is 28.8 Å². The van der Waals surface area contributed by atoms with Crippen LogP contribution in [0.25, 0.3) is 6.08 Å². The molecule has 2 amide bonds. The molecule has 0 saturated carbocycles. The summed E-state index contributed by atoms with van der Waals surface area (Å²) < 4.78 is 31.2. The molecular formula is C36H26BrFN4O5S. The van der Waals surface area contributed by atoms with Crippen LogP contribution < -0.4 is 14.8 Å². The number of carbonyl (C=O) groups excluding carboxylic acids is 2. The molecular weight excluding hydrogens is 699 g/mol. The zero-order chi connectivity index (χ0) is 33.3. The SMILES string of the molecule is O=C(COc1ccc(Br)cc1/C=C1\S/C(=N/N=C\c2cccc(Oc3ccccc3)c2)N(Cc2ccco2)C1=O)Nc1ccc(F)cc1. The van der Waals surface area contributed by atoms with Gasteiger partial charge in [0, 0.05) is 15.7 Å². The third kappa shape index (κ3) is 8.66. The number of anilines is 1. The van der Waals surface area contributed by atoms with Crippen molar-refractivity contribution >= 4 is 62.7 Å². The van der Waals surface area contributed by atoms with E-state index in [9.17, 15) is 14.0 Å². The maximum Gasteiger partial charge on any atom is 0.267 e. The van der Waals surface area contributed by atoms with Crippen LogP contribution in [0.4, 0.5) is 10.1 Å². The molecule has 12 heteroatoms. The number of amidine groups is 1. The molecule has 48 heavy (non-hydrogen) atoms. The van der Waals surface area contributed by atoms with Gasteiger partial charge in [-0.3, -0.25) is 14.5 Å². The number of para-hydroxylation sites is 1. The monoisotopic (exact) mass is 724 g/mol. The van der Waals surface area contributed by atoms with E-state index in [4.69, 9.17) is 13.9 Å². The van der Waals surface area contributed by atoms with Crippen LogP contribution in [-0.2, 0) is 16.1 Å². The largest absolute Gasteiger partial charge is 0.483 e. The summed E-state index contributed by atoms with van der Waals surface area (Å²) in [7, 11) is 0. The number of carbonyl (C=O) groups is 2. The Morgan fingerprint density at radius 3 is 2.56 bits per heavy atom. The van der Waals surface area contributed by atoms with Crippen molar-refractivity contribution in [3.05, 3.63) is 148 Å². The van der Waals surface area contributed by atoms with Crippen molar-refractivity contribution in [3.8, 4) is 17.2 Å². The van der Waals surface area contributed by atoms with Crippen LogP contribution >= 0.6 is 27.7 Å². The van der Waals surface area contributed by atoms with Gasteiger partial charge in [-0.15, -0.1) is 5.10 Å². The number of thioether (sulfide) groups is 1. The zero-order valence-corrected chi connectivity index (χ0v) is 27.5. The smallest absolute Gasteiger partial charge is 0.267 e. The zero-order valence-electron chi connectivity index (χ0n) is 25.1. The molecule has 0 bridgehead atoms. The Morgan fingerprint density at radius 1 is 0.958 bits per heavy atom. The van der Waals surface area contributed by atoms with E-state index in [0.717, 1.165) is 21.8 Å². The Balaban J connectivity index is 1.20. The van der Waals surface area contributed by atoms with Gasteiger partial charge in [0.15, 0.2) is 11.8 Å². The minimum Gasteiger partial charge on any atom is -0.483 e. The highest BCUT2D eigenvalue weighted by atomic mass is 79.9. The second-order valence-corrected chi connectivity index (χ2v) is 12.1. The van der Waals surface area contributed by atoms with Crippen LogP contribution in [0, 0.1) is 5.82 Å². The van der Waals surface area contributed by atoms with E-state index in [1.54, 1.807) is 42.6 Å². The molecule has 9 nitrogen and oxygen atoms in total. The van der Waals surface area contributed by atoms with Crippen molar-refractivity contribution in [2.45, 2.75) is 6.54 Å². The predicted molar refractivity (Wildman–Crippen MR) is 187 cm³/mol. The van der Waals surface area contributed by atoms with Gasteiger partial charge in [0.25, 0.3) is 11.8 Å². The van der Waals surface area contributed by atoms with Gasteiger partial charge in [-0.1, -0.05) is 46.3 Å². The lowest BCUT2D eigenvalue weighted by Crippen LogP contribution is -2.28. The summed E-state index contributed by atoms with van der Waals surface area (Å²) in [5.41, 5.74) is 1.76. The van der Waals surface area contributed by atoms with E-state index >= 15 is 0 Å². The Labute approximate surface area is 287 Å². The summed E-state index contributed by atoms with van der Waals surface area (Å²) in [6.07, 6.45) is 4.80. The summed E-state index contributed by atoms with van der Waals surface area (Å²) in [5.74, 6) is 1.18. The predicted octanol–water partition coefficient (Wildman–Crippen LogP) is 8.50. The van der Waals surface area contributed by atoms with Crippen LogP contribution in [0.15, 0.2) is 139 Å². The highest BCUT2D eigenvalue weighted by Gasteiger charge is 2.34. The lowest BCUT2D eigenvalue weighted by molar-refractivity contribution is -0.122. The molecule has 0 spiro atoms. The van der Waals surface area contributed by atoms with Crippen molar-refractivity contribution in [3.63, 3.8) is 0 Å². The Morgan fingerprint density at radius 2 is 1.77 bits per heavy atom. The average molecular weight is 726 g/mol. The first-order valence-corrected chi connectivity index (χ1v) is 16.2. The minimum atomic E-state index is -0.427. The Bertz CT molecular complexity index is 2000. The number of amides is 2. The van der Waals surface area contributed by atoms with Crippen LogP contribution in [-0.4, -0.2) is 34.7 Å². The average Bonchev–Trinajstić information content (AvgIpc) is 3.70. The summed E-state index contributed by atoms with van der Waals surface area (Å²) in [6, 6.07) is 31.1. The summed E-state index contributed by atoms with van der Waals surface area (Å²) >= 11 is 4.63. The first kappa shape index (κ1) is 32.5. The summed E-state index contributed by atoms with van der Waals surface area (Å²) in [6.45, 7) is -0.157. The third-order valence-corrected chi connectivity index (χ3v) is 8.20. The van der Waals surface area contributed by atoms with Crippen LogP contribution in [0.2, 0.25) is 0 Å². The molecule has 240 valence electrons. The fourth-order valence-electron chi connectivity index (χ4n) is 4.49. The van der Waals surface area contributed by atoms with Crippen LogP contribution in [0.5, 0.6) is 17.2 Å². The van der Waals surface area contributed by atoms with Gasteiger partial charge in [0.2, 0.25) is 0 Å². The molecule has 0 aliphatic carbocycles. The molecule has 2 heterocycles. The maximum absolute atomic E-state index is 13.7. The topological polar surface area (TPSA) is 106 Å². The number of nitrogens with zero attached hydrogens (tertiary/aromatic N) is 3. The molecule has 0 unspecified atom stereocenters. The van der Waals surface area contributed by atoms with E-state index in [1.807, 2.05) is 54.6 Å². The number of furan rings is 1. The summed E-state index contributed by atoms with van der Waals surface area (Å²) in [4.78, 5) is 28.1. The van der Waals surface area contributed by atoms with Crippen molar-refractivity contribution < 1.29 is 27.9 Å². The van der Waals surface area contributed by atoms with Gasteiger partial charge in [0.05, 0.1) is 23.9 Å². The standard InChI is InChI=1S/C36H26BrFN4O5S/c37-26-11-16-32(46-23-34(43)40-28-14-12-27(38)13-15-28)25(19-26)20-33-35(44)42(22-31-10-5-17-45-31)36(48-33)41-39-21-24-6-4-9-30(18-24)47-29-7-2-1-3-8-29/h1-21H,22-23H2,(H,40,43)/b33-20-,39-21-,41-36+. The highest BCUT2D eigenvalue weighted by molar-refractivity contribution is 9.10. The minimum absolute atomic E-state index is 0.149. The Hall–Kier alpha value is -5.46. The van der Waals surface area contributed by atoms with Crippen molar-refractivity contribution in [1.29, 1.82) is 0 Å². The molecule has 0 atom stereocenters. The number of hydrogen-bond acceptors (Lipinski definition) is 8.